The van der Waals surface area contributed by atoms with Gasteiger partial charge in [0, 0.05) is 32.7 Å². The molecule has 1 fully saturated rings. The molecular formula is C23H28N4O3. The molecule has 30 heavy (non-hydrogen) atoms. The minimum absolute atomic E-state index is 0.0889. The smallest absolute Gasteiger partial charge is 0.241 e. The third-order valence-corrected chi connectivity index (χ3v) is 5.38. The SMILES string of the molecule is COc1ccc(OCCN2CCN([C@@H](C)C(=O)Nc3ccccc3C#N)CC2)cc1. The molecular weight excluding hydrogens is 380 g/mol. The van der Waals surface area contributed by atoms with E-state index in [0.717, 1.165) is 44.2 Å². The van der Waals surface area contributed by atoms with Gasteiger partial charge in [-0.25, -0.2) is 0 Å². The Bertz CT molecular complexity index is 871. The monoisotopic (exact) mass is 408 g/mol. The zero-order valence-electron chi connectivity index (χ0n) is 17.5. The van der Waals surface area contributed by atoms with Crippen LogP contribution < -0.4 is 14.8 Å². The van der Waals surface area contributed by atoms with Crippen LogP contribution in [0.5, 0.6) is 11.5 Å². The summed E-state index contributed by atoms with van der Waals surface area (Å²) < 4.78 is 11.0. The van der Waals surface area contributed by atoms with E-state index in [1.807, 2.05) is 37.3 Å². The van der Waals surface area contributed by atoms with Crippen molar-refractivity contribution in [3.8, 4) is 17.6 Å². The molecule has 0 aromatic heterocycles. The number of hydrogen-bond acceptors (Lipinski definition) is 6. The van der Waals surface area contributed by atoms with E-state index in [2.05, 4.69) is 21.2 Å². The third-order valence-electron chi connectivity index (χ3n) is 5.38. The number of hydrogen-bond donors (Lipinski definition) is 1. The lowest BCUT2D eigenvalue weighted by atomic mass is 10.1. The fourth-order valence-electron chi connectivity index (χ4n) is 3.43. The number of carbonyl (C=O) groups is 1. The van der Waals surface area contributed by atoms with Gasteiger partial charge >= 0.3 is 0 Å². The van der Waals surface area contributed by atoms with Crippen molar-refractivity contribution in [3.05, 3.63) is 54.1 Å². The van der Waals surface area contributed by atoms with Crippen LogP contribution in [0.3, 0.4) is 0 Å². The Morgan fingerprint density at radius 3 is 2.43 bits per heavy atom. The number of para-hydroxylation sites is 1. The first kappa shape index (κ1) is 21.6. The number of carbonyl (C=O) groups excluding carboxylic acids is 1. The van der Waals surface area contributed by atoms with E-state index in [0.29, 0.717) is 17.9 Å². The van der Waals surface area contributed by atoms with Crippen molar-refractivity contribution in [2.45, 2.75) is 13.0 Å². The average molecular weight is 409 g/mol. The van der Waals surface area contributed by atoms with Crippen molar-refractivity contribution in [2.24, 2.45) is 0 Å². The van der Waals surface area contributed by atoms with Crippen molar-refractivity contribution < 1.29 is 14.3 Å². The van der Waals surface area contributed by atoms with Crippen molar-refractivity contribution >= 4 is 11.6 Å². The summed E-state index contributed by atoms with van der Waals surface area (Å²) in [5.74, 6) is 1.55. The highest BCUT2D eigenvalue weighted by molar-refractivity contribution is 5.95. The lowest BCUT2D eigenvalue weighted by molar-refractivity contribution is -0.121. The molecule has 3 rings (SSSR count). The van der Waals surface area contributed by atoms with Crippen LogP contribution in [0, 0.1) is 11.3 Å². The molecule has 0 bridgehead atoms. The minimum Gasteiger partial charge on any atom is -0.497 e. The lowest BCUT2D eigenvalue weighted by Gasteiger charge is -2.37. The van der Waals surface area contributed by atoms with Crippen molar-refractivity contribution in [1.29, 1.82) is 5.26 Å². The molecule has 1 aliphatic heterocycles. The highest BCUT2D eigenvalue weighted by Crippen LogP contribution is 2.17. The molecule has 2 aromatic carbocycles. The Labute approximate surface area is 177 Å². The number of anilines is 1. The van der Waals surface area contributed by atoms with Gasteiger partial charge < -0.3 is 14.8 Å². The van der Waals surface area contributed by atoms with E-state index in [1.54, 1.807) is 25.3 Å². The largest absolute Gasteiger partial charge is 0.497 e. The van der Waals surface area contributed by atoms with Gasteiger partial charge in [0.05, 0.1) is 24.4 Å². The number of methoxy groups -OCH3 is 1. The van der Waals surface area contributed by atoms with E-state index in [4.69, 9.17) is 9.47 Å². The Kier molecular flexibility index (Phi) is 7.66. The summed E-state index contributed by atoms with van der Waals surface area (Å²) in [7, 11) is 1.64. The van der Waals surface area contributed by atoms with Crippen LogP contribution in [0.15, 0.2) is 48.5 Å². The van der Waals surface area contributed by atoms with Crippen molar-refractivity contribution in [1.82, 2.24) is 9.80 Å². The van der Waals surface area contributed by atoms with Crippen molar-refractivity contribution in [2.75, 3.05) is 51.8 Å². The van der Waals surface area contributed by atoms with Gasteiger partial charge in [-0.3, -0.25) is 14.6 Å². The average Bonchev–Trinajstić information content (AvgIpc) is 2.80. The van der Waals surface area contributed by atoms with Gasteiger partial charge in [-0.2, -0.15) is 5.26 Å². The number of rotatable bonds is 8. The molecule has 0 unspecified atom stereocenters. The first-order valence-corrected chi connectivity index (χ1v) is 10.1. The molecule has 7 nitrogen and oxygen atoms in total. The molecule has 1 saturated heterocycles. The minimum atomic E-state index is -0.255. The molecule has 158 valence electrons. The number of piperazine rings is 1. The Balaban J connectivity index is 1.40. The molecule has 1 aliphatic rings. The fraction of sp³-hybridized carbons (Fsp3) is 0.391. The van der Waals surface area contributed by atoms with Crippen LogP contribution in [-0.4, -0.2) is 68.2 Å². The van der Waals surface area contributed by atoms with Gasteiger partial charge in [0.15, 0.2) is 0 Å². The molecule has 0 saturated carbocycles. The predicted molar refractivity (Wildman–Crippen MR) is 116 cm³/mol. The predicted octanol–water partition coefficient (Wildman–Crippen LogP) is 2.59. The second kappa shape index (κ2) is 10.6. The number of benzene rings is 2. The molecule has 7 heteroatoms. The summed E-state index contributed by atoms with van der Waals surface area (Å²) in [6.07, 6.45) is 0. The van der Waals surface area contributed by atoms with Crippen molar-refractivity contribution in [3.63, 3.8) is 0 Å². The van der Waals surface area contributed by atoms with E-state index in [1.165, 1.54) is 0 Å². The van der Waals surface area contributed by atoms with Crippen LogP contribution in [0.4, 0.5) is 5.69 Å². The van der Waals surface area contributed by atoms with Crippen LogP contribution in [-0.2, 0) is 4.79 Å². The topological polar surface area (TPSA) is 77.8 Å². The Morgan fingerprint density at radius 2 is 1.77 bits per heavy atom. The maximum absolute atomic E-state index is 12.6. The summed E-state index contributed by atoms with van der Waals surface area (Å²) in [5.41, 5.74) is 1.03. The fourth-order valence-corrected chi connectivity index (χ4v) is 3.43. The summed E-state index contributed by atoms with van der Waals surface area (Å²) in [4.78, 5) is 17.1. The van der Waals surface area contributed by atoms with E-state index in [-0.39, 0.29) is 11.9 Å². The highest BCUT2D eigenvalue weighted by Gasteiger charge is 2.25. The van der Waals surface area contributed by atoms with E-state index in [9.17, 15) is 10.1 Å². The second-order valence-electron chi connectivity index (χ2n) is 7.22. The van der Waals surface area contributed by atoms with Crippen LogP contribution in [0.25, 0.3) is 0 Å². The molecule has 1 N–H and O–H groups in total. The molecule has 1 atom stereocenters. The molecule has 1 heterocycles. The first-order valence-electron chi connectivity index (χ1n) is 10.1. The molecule has 0 spiro atoms. The van der Waals surface area contributed by atoms with Crippen LogP contribution >= 0.6 is 0 Å². The number of nitrogens with zero attached hydrogens (tertiary/aromatic N) is 3. The normalized spacial score (nSPS) is 15.8. The first-order chi connectivity index (χ1) is 14.6. The summed E-state index contributed by atoms with van der Waals surface area (Å²) in [6, 6.07) is 16.5. The van der Waals surface area contributed by atoms with Crippen LogP contribution in [0.2, 0.25) is 0 Å². The van der Waals surface area contributed by atoms with Gasteiger partial charge in [0.1, 0.15) is 24.2 Å². The lowest BCUT2D eigenvalue weighted by Crippen LogP contribution is -2.53. The summed E-state index contributed by atoms with van der Waals surface area (Å²) in [5, 5.41) is 12.1. The number of amides is 1. The number of nitrogens with one attached hydrogen (secondary N) is 1. The maximum atomic E-state index is 12.6. The van der Waals surface area contributed by atoms with Gasteiger partial charge in [-0.1, -0.05) is 12.1 Å². The van der Waals surface area contributed by atoms with Gasteiger partial charge in [0.2, 0.25) is 5.91 Å². The summed E-state index contributed by atoms with van der Waals surface area (Å²) >= 11 is 0. The third kappa shape index (κ3) is 5.72. The zero-order valence-corrected chi connectivity index (χ0v) is 17.5. The molecule has 0 radical (unpaired) electrons. The quantitative estimate of drug-likeness (QED) is 0.723. The standard InChI is InChI=1S/C23H28N4O3/c1-18(23(28)25-22-6-4-3-5-19(22)17-24)27-13-11-26(12-14-27)15-16-30-21-9-7-20(29-2)8-10-21/h3-10,18H,11-16H2,1-2H3,(H,25,28)/t18-/m0/s1. The van der Waals surface area contributed by atoms with Gasteiger partial charge in [-0.15, -0.1) is 0 Å². The van der Waals surface area contributed by atoms with Crippen LogP contribution in [0.1, 0.15) is 12.5 Å². The zero-order chi connectivity index (χ0) is 21.3. The van der Waals surface area contributed by atoms with Gasteiger partial charge in [0.25, 0.3) is 0 Å². The molecule has 2 aromatic rings. The maximum Gasteiger partial charge on any atom is 0.241 e. The molecule has 1 amide bonds. The second-order valence-corrected chi connectivity index (χ2v) is 7.22. The number of ether oxygens (including phenoxy) is 2. The van der Waals surface area contributed by atoms with E-state index >= 15 is 0 Å². The number of nitriles is 1. The van der Waals surface area contributed by atoms with E-state index < -0.39 is 0 Å². The Hall–Kier alpha value is -3.08. The Morgan fingerprint density at radius 1 is 1.10 bits per heavy atom. The van der Waals surface area contributed by atoms with Gasteiger partial charge in [-0.05, 0) is 43.3 Å². The molecule has 0 aliphatic carbocycles. The highest BCUT2D eigenvalue weighted by atomic mass is 16.5. The summed E-state index contributed by atoms with van der Waals surface area (Å²) in [6.45, 7) is 6.78.